The van der Waals surface area contributed by atoms with Gasteiger partial charge < -0.3 is 10.6 Å². The van der Waals surface area contributed by atoms with Crippen LogP contribution in [-0.4, -0.2) is 24.1 Å². The molecule has 1 aromatic rings. The van der Waals surface area contributed by atoms with Crippen molar-refractivity contribution in [3.05, 3.63) is 24.3 Å². The van der Waals surface area contributed by atoms with Crippen LogP contribution in [-0.2, 0) is 9.59 Å². The molecule has 2 amide bonds. The number of nitrogens with zero attached hydrogens (tertiary/aromatic N) is 1. The molecule has 1 unspecified atom stereocenters. The van der Waals surface area contributed by atoms with Crippen LogP contribution in [0.3, 0.4) is 0 Å². The molecule has 1 fully saturated rings. The monoisotopic (exact) mass is 264 g/mol. The van der Waals surface area contributed by atoms with E-state index in [-0.39, 0.29) is 18.2 Å². The standard InChI is InChI=1S/C13H16N2O2S/c1-2-18-11-6-4-3-5-10(11)15-8-9(13(14)17)7-12(15)16/h3-6,9H,2,7-8H2,1H3,(H2,14,17). The lowest BCUT2D eigenvalue weighted by Gasteiger charge is -2.19. The smallest absolute Gasteiger partial charge is 0.227 e. The summed E-state index contributed by atoms with van der Waals surface area (Å²) in [5.74, 6) is 0.157. The molecule has 5 heteroatoms. The third kappa shape index (κ3) is 2.51. The van der Waals surface area contributed by atoms with Crippen LogP contribution in [0.4, 0.5) is 5.69 Å². The Morgan fingerprint density at radius 1 is 1.50 bits per heavy atom. The molecule has 0 spiro atoms. The third-order valence-corrected chi connectivity index (χ3v) is 3.93. The molecule has 1 heterocycles. The zero-order valence-corrected chi connectivity index (χ0v) is 11.1. The highest BCUT2D eigenvalue weighted by atomic mass is 32.2. The number of thioether (sulfide) groups is 1. The minimum Gasteiger partial charge on any atom is -0.369 e. The molecule has 2 rings (SSSR count). The van der Waals surface area contributed by atoms with Gasteiger partial charge in [-0.05, 0) is 17.9 Å². The minimum atomic E-state index is -0.397. The lowest BCUT2D eigenvalue weighted by atomic mass is 10.1. The van der Waals surface area contributed by atoms with E-state index in [1.165, 1.54) is 0 Å². The molecule has 1 saturated heterocycles. The maximum Gasteiger partial charge on any atom is 0.227 e. The second-order valence-electron chi connectivity index (χ2n) is 4.21. The molecular weight excluding hydrogens is 248 g/mol. The summed E-state index contributed by atoms with van der Waals surface area (Å²) < 4.78 is 0. The largest absolute Gasteiger partial charge is 0.369 e. The molecule has 96 valence electrons. The first kappa shape index (κ1) is 13.0. The fourth-order valence-corrected chi connectivity index (χ4v) is 2.90. The molecule has 0 aromatic heterocycles. The van der Waals surface area contributed by atoms with Gasteiger partial charge in [0.15, 0.2) is 0 Å². The third-order valence-electron chi connectivity index (χ3n) is 2.98. The van der Waals surface area contributed by atoms with E-state index in [1.54, 1.807) is 16.7 Å². The first-order chi connectivity index (χ1) is 8.63. The van der Waals surface area contributed by atoms with E-state index in [0.29, 0.717) is 6.54 Å². The van der Waals surface area contributed by atoms with Crippen LogP contribution in [0.25, 0.3) is 0 Å². The number of para-hydroxylation sites is 1. The van der Waals surface area contributed by atoms with Crippen molar-refractivity contribution >= 4 is 29.3 Å². The first-order valence-electron chi connectivity index (χ1n) is 5.95. The summed E-state index contributed by atoms with van der Waals surface area (Å²) in [6.45, 7) is 2.47. The van der Waals surface area contributed by atoms with Gasteiger partial charge in [-0.2, -0.15) is 0 Å². The topological polar surface area (TPSA) is 63.4 Å². The van der Waals surface area contributed by atoms with E-state index in [0.717, 1.165) is 16.3 Å². The Labute approximate surface area is 111 Å². The predicted molar refractivity (Wildman–Crippen MR) is 72.5 cm³/mol. The summed E-state index contributed by atoms with van der Waals surface area (Å²) >= 11 is 1.69. The zero-order valence-electron chi connectivity index (χ0n) is 10.3. The number of benzene rings is 1. The highest BCUT2D eigenvalue weighted by Gasteiger charge is 2.34. The number of amides is 2. The molecular formula is C13H16N2O2S. The highest BCUT2D eigenvalue weighted by molar-refractivity contribution is 7.99. The molecule has 0 saturated carbocycles. The number of carbonyl (C=O) groups is 2. The molecule has 1 aliphatic heterocycles. The molecule has 2 N–H and O–H groups in total. The number of nitrogens with two attached hydrogens (primary N) is 1. The molecule has 1 atom stereocenters. The Bertz CT molecular complexity index is 476. The van der Waals surface area contributed by atoms with E-state index in [1.807, 2.05) is 24.3 Å². The van der Waals surface area contributed by atoms with Gasteiger partial charge in [0.1, 0.15) is 0 Å². The van der Waals surface area contributed by atoms with Gasteiger partial charge in [-0.1, -0.05) is 19.1 Å². The van der Waals surface area contributed by atoms with Crippen LogP contribution in [0.5, 0.6) is 0 Å². The Balaban J connectivity index is 2.26. The second-order valence-corrected chi connectivity index (χ2v) is 5.51. The van der Waals surface area contributed by atoms with E-state index < -0.39 is 5.91 Å². The number of primary amides is 1. The summed E-state index contributed by atoms with van der Waals surface area (Å²) in [5, 5.41) is 0. The predicted octanol–water partition coefficient (Wildman–Crippen LogP) is 1.64. The van der Waals surface area contributed by atoms with Gasteiger partial charge in [0.2, 0.25) is 11.8 Å². The number of anilines is 1. The van der Waals surface area contributed by atoms with Gasteiger partial charge in [0.05, 0.1) is 11.6 Å². The SMILES string of the molecule is CCSc1ccccc1N1CC(C(N)=O)CC1=O. The van der Waals surface area contributed by atoms with E-state index >= 15 is 0 Å². The van der Waals surface area contributed by atoms with Gasteiger partial charge >= 0.3 is 0 Å². The van der Waals surface area contributed by atoms with Crippen molar-refractivity contribution in [2.45, 2.75) is 18.2 Å². The number of carbonyl (C=O) groups excluding carboxylic acids is 2. The van der Waals surface area contributed by atoms with Crippen molar-refractivity contribution in [3.8, 4) is 0 Å². The fourth-order valence-electron chi connectivity index (χ4n) is 2.09. The Morgan fingerprint density at radius 2 is 2.22 bits per heavy atom. The molecule has 4 nitrogen and oxygen atoms in total. The summed E-state index contributed by atoms with van der Waals surface area (Å²) in [6, 6.07) is 7.77. The number of rotatable bonds is 4. The van der Waals surface area contributed by atoms with E-state index in [9.17, 15) is 9.59 Å². The molecule has 1 aromatic carbocycles. The average Bonchev–Trinajstić information content (AvgIpc) is 2.73. The Morgan fingerprint density at radius 3 is 2.83 bits per heavy atom. The summed E-state index contributed by atoms with van der Waals surface area (Å²) in [5.41, 5.74) is 6.16. The van der Waals surface area contributed by atoms with Gasteiger partial charge in [0, 0.05) is 17.9 Å². The fraction of sp³-hybridized carbons (Fsp3) is 0.385. The second kappa shape index (κ2) is 5.44. The first-order valence-corrected chi connectivity index (χ1v) is 6.93. The molecule has 0 bridgehead atoms. The van der Waals surface area contributed by atoms with Crippen LogP contribution in [0.2, 0.25) is 0 Å². The molecule has 18 heavy (non-hydrogen) atoms. The van der Waals surface area contributed by atoms with Crippen molar-refractivity contribution in [1.82, 2.24) is 0 Å². The van der Waals surface area contributed by atoms with Crippen LogP contribution >= 0.6 is 11.8 Å². The van der Waals surface area contributed by atoms with Crippen molar-refractivity contribution in [2.24, 2.45) is 11.7 Å². The van der Waals surface area contributed by atoms with Gasteiger partial charge in [-0.3, -0.25) is 9.59 Å². The maximum absolute atomic E-state index is 12.0. The van der Waals surface area contributed by atoms with Crippen molar-refractivity contribution in [2.75, 3.05) is 17.2 Å². The van der Waals surface area contributed by atoms with Crippen molar-refractivity contribution in [3.63, 3.8) is 0 Å². The zero-order chi connectivity index (χ0) is 13.1. The quantitative estimate of drug-likeness (QED) is 0.841. The van der Waals surface area contributed by atoms with Gasteiger partial charge in [0.25, 0.3) is 0 Å². The van der Waals surface area contributed by atoms with Crippen LogP contribution in [0.1, 0.15) is 13.3 Å². The molecule has 1 aliphatic rings. The summed E-state index contributed by atoms with van der Waals surface area (Å²) in [4.78, 5) is 25.9. The van der Waals surface area contributed by atoms with Crippen LogP contribution in [0, 0.1) is 5.92 Å². The average molecular weight is 264 g/mol. The lowest BCUT2D eigenvalue weighted by Crippen LogP contribution is -2.28. The van der Waals surface area contributed by atoms with Gasteiger partial charge in [-0.25, -0.2) is 0 Å². The molecule has 0 radical (unpaired) electrons. The number of hydrogen-bond acceptors (Lipinski definition) is 3. The number of hydrogen-bond donors (Lipinski definition) is 1. The summed E-state index contributed by atoms with van der Waals surface area (Å²) in [6.07, 6.45) is 0.223. The molecule has 0 aliphatic carbocycles. The summed E-state index contributed by atoms with van der Waals surface area (Å²) in [7, 11) is 0. The lowest BCUT2D eigenvalue weighted by molar-refractivity contribution is -0.123. The van der Waals surface area contributed by atoms with Crippen LogP contribution < -0.4 is 10.6 Å². The minimum absolute atomic E-state index is 0.0250. The van der Waals surface area contributed by atoms with Crippen molar-refractivity contribution < 1.29 is 9.59 Å². The Kier molecular flexibility index (Phi) is 3.91. The van der Waals surface area contributed by atoms with Gasteiger partial charge in [-0.15, -0.1) is 11.8 Å². The van der Waals surface area contributed by atoms with Crippen molar-refractivity contribution in [1.29, 1.82) is 0 Å². The van der Waals surface area contributed by atoms with E-state index in [2.05, 4.69) is 6.92 Å². The maximum atomic E-state index is 12.0. The highest BCUT2D eigenvalue weighted by Crippen LogP contribution is 2.33. The van der Waals surface area contributed by atoms with E-state index in [4.69, 9.17) is 5.73 Å². The van der Waals surface area contributed by atoms with Crippen LogP contribution in [0.15, 0.2) is 29.2 Å². The Hall–Kier alpha value is -1.49. The normalized spacial score (nSPS) is 19.3.